The van der Waals surface area contributed by atoms with Crippen LogP contribution in [0.3, 0.4) is 0 Å². The van der Waals surface area contributed by atoms with Crippen molar-refractivity contribution in [3.63, 3.8) is 0 Å². The molecule has 2 saturated heterocycles. The van der Waals surface area contributed by atoms with Crippen molar-refractivity contribution in [3.8, 4) is 0 Å². The minimum absolute atomic E-state index is 0.148. The summed E-state index contributed by atoms with van der Waals surface area (Å²) in [5, 5.41) is 2.71. The average molecular weight is 312 g/mol. The van der Waals surface area contributed by atoms with Gasteiger partial charge in [0.1, 0.15) is 11.1 Å². The number of piperidine rings is 1. The number of carbonyl (C=O) groups excluding carboxylic acids is 3. The van der Waals surface area contributed by atoms with Gasteiger partial charge < -0.3 is 19.7 Å². The molecule has 2 rings (SSSR count). The zero-order valence-electron chi connectivity index (χ0n) is 13.8. The molecule has 2 amide bonds. The van der Waals surface area contributed by atoms with E-state index in [1.54, 1.807) is 32.6 Å². The lowest BCUT2D eigenvalue weighted by Crippen LogP contribution is -2.80. The summed E-state index contributed by atoms with van der Waals surface area (Å²) >= 11 is 0. The first kappa shape index (κ1) is 16.6. The number of amides is 2. The Bertz CT molecular complexity index is 503. The van der Waals surface area contributed by atoms with Crippen LogP contribution in [0.25, 0.3) is 0 Å². The third kappa shape index (κ3) is 2.42. The summed E-state index contributed by atoms with van der Waals surface area (Å²) in [5.74, 6) is -0.573. The van der Waals surface area contributed by atoms with Crippen LogP contribution in [0.2, 0.25) is 0 Å². The lowest BCUT2D eigenvalue weighted by atomic mass is 9.58. The number of methoxy groups -OCH3 is 1. The number of β-lactam (4-membered cyclic amide) rings is 1. The van der Waals surface area contributed by atoms with Crippen LogP contribution < -0.4 is 5.32 Å². The first-order chi connectivity index (χ1) is 10.1. The highest BCUT2D eigenvalue weighted by Gasteiger charge is 2.68. The summed E-state index contributed by atoms with van der Waals surface area (Å²) in [6.45, 7) is 7.86. The molecule has 1 atom stereocenters. The smallest absolute Gasteiger partial charge is 0.409 e. The predicted molar refractivity (Wildman–Crippen MR) is 78.0 cm³/mol. The monoisotopic (exact) mass is 312 g/mol. The quantitative estimate of drug-likeness (QED) is 0.578. The zero-order chi connectivity index (χ0) is 16.8. The van der Waals surface area contributed by atoms with Gasteiger partial charge in [-0.2, -0.15) is 0 Å². The highest BCUT2D eigenvalue weighted by atomic mass is 16.6. The standard InChI is InChI=1S/C15H24N2O5/c1-13(2,3)22-11(19)14(4)15(10(18)16-14)6-8-17(9-7-15)12(20)21-5/h6-9H2,1-5H3,(H,16,18). The molecule has 1 unspecified atom stereocenters. The van der Waals surface area contributed by atoms with Crippen LogP contribution in [0, 0.1) is 5.41 Å². The Kier molecular flexibility index (Phi) is 3.87. The number of nitrogens with one attached hydrogen (secondary N) is 1. The third-order valence-corrected chi connectivity index (χ3v) is 4.61. The molecule has 7 nitrogen and oxygen atoms in total. The minimum atomic E-state index is -1.04. The van der Waals surface area contributed by atoms with Crippen LogP contribution in [0.5, 0.6) is 0 Å². The fourth-order valence-corrected chi connectivity index (χ4v) is 3.18. The Morgan fingerprint density at radius 1 is 1.23 bits per heavy atom. The lowest BCUT2D eigenvalue weighted by molar-refractivity contribution is -0.189. The molecule has 2 heterocycles. The van der Waals surface area contributed by atoms with Gasteiger partial charge in [0, 0.05) is 13.1 Å². The summed E-state index contributed by atoms with van der Waals surface area (Å²) < 4.78 is 10.2. The highest BCUT2D eigenvalue weighted by molar-refractivity contribution is 6.04. The van der Waals surface area contributed by atoms with Gasteiger partial charge in [-0.15, -0.1) is 0 Å². The zero-order valence-corrected chi connectivity index (χ0v) is 13.8. The van der Waals surface area contributed by atoms with Gasteiger partial charge in [-0.3, -0.25) is 4.79 Å². The van der Waals surface area contributed by atoms with E-state index in [-0.39, 0.29) is 5.91 Å². The summed E-state index contributed by atoms with van der Waals surface area (Å²) in [7, 11) is 1.33. The van der Waals surface area contributed by atoms with Gasteiger partial charge in [-0.1, -0.05) is 0 Å². The van der Waals surface area contributed by atoms with Gasteiger partial charge in [0.15, 0.2) is 0 Å². The molecule has 2 fully saturated rings. The van der Waals surface area contributed by atoms with E-state index < -0.39 is 28.6 Å². The van der Waals surface area contributed by atoms with Crippen LogP contribution >= 0.6 is 0 Å². The van der Waals surface area contributed by atoms with Crippen molar-refractivity contribution >= 4 is 18.0 Å². The molecule has 0 aromatic carbocycles. The Labute approximate surface area is 130 Å². The molecule has 0 aromatic rings. The molecule has 0 bridgehead atoms. The number of ether oxygens (including phenoxy) is 2. The maximum atomic E-state index is 12.5. The summed E-state index contributed by atoms with van der Waals surface area (Å²) in [6.07, 6.45) is 0.432. The van der Waals surface area contributed by atoms with Crippen molar-refractivity contribution in [3.05, 3.63) is 0 Å². The molecular formula is C15H24N2O5. The van der Waals surface area contributed by atoms with E-state index in [0.29, 0.717) is 25.9 Å². The van der Waals surface area contributed by atoms with Crippen LogP contribution in [0.4, 0.5) is 4.79 Å². The fourth-order valence-electron chi connectivity index (χ4n) is 3.18. The van der Waals surface area contributed by atoms with Crippen molar-refractivity contribution in [2.45, 2.75) is 51.7 Å². The average Bonchev–Trinajstić information content (AvgIpc) is 2.44. The van der Waals surface area contributed by atoms with E-state index in [1.807, 2.05) is 0 Å². The maximum Gasteiger partial charge on any atom is 0.409 e. The maximum absolute atomic E-state index is 12.5. The molecule has 0 saturated carbocycles. The number of hydrogen-bond donors (Lipinski definition) is 1. The molecular weight excluding hydrogens is 288 g/mol. The van der Waals surface area contributed by atoms with Crippen LogP contribution in [-0.2, 0) is 19.1 Å². The van der Waals surface area contributed by atoms with Gasteiger partial charge in [0.25, 0.3) is 0 Å². The first-order valence-electron chi connectivity index (χ1n) is 7.45. The largest absolute Gasteiger partial charge is 0.458 e. The molecule has 1 N–H and O–H groups in total. The normalized spacial score (nSPS) is 27.0. The molecule has 0 radical (unpaired) electrons. The predicted octanol–water partition coefficient (Wildman–Crippen LogP) is 1.07. The molecule has 0 aromatic heterocycles. The second-order valence-electron chi connectivity index (χ2n) is 7.12. The Balaban J connectivity index is 2.14. The third-order valence-electron chi connectivity index (χ3n) is 4.61. The van der Waals surface area contributed by atoms with Gasteiger partial charge in [0.05, 0.1) is 12.5 Å². The van der Waals surface area contributed by atoms with Gasteiger partial charge >= 0.3 is 12.1 Å². The van der Waals surface area contributed by atoms with Crippen LogP contribution in [0.15, 0.2) is 0 Å². The lowest BCUT2D eigenvalue weighted by Gasteiger charge is -2.57. The number of rotatable bonds is 1. The van der Waals surface area contributed by atoms with Crippen LogP contribution in [-0.4, -0.2) is 54.2 Å². The Morgan fingerprint density at radius 2 is 1.77 bits per heavy atom. The molecule has 0 aliphatic carbocycles. The SMILES string of the molecule is COC(=O)N1CCC2(CC1)C(=O)NC2(C)C(=O)OC(C)(C)C. The molecule has 2 aliphatic rings. The second kappa shape index (κ2) is 5.14. The minimum Gasteiger partial charge on any atom is -0.458 e. The molecule has 2 aliphatic heterocycles. The fraction of sp³-hybridized carbons (Fsp3) is 0.800. The Hall–Kier alpha value is -1.79. The first-order valence-corrected chi connectivity index (χ1v) is 7.45. The number of likely N-dealkylation sites (tertiary alicyclic amines) is 1. The summed E-state index contributed by atoms with van der Waals surface area (Å²) in [6, 6.07) is 0. The van der Waals surface area contributed by atoms with E-state index >= 15 is 0 Å². The van der Waals surface area contributed by atoms with Crippen molar-refractivity contribution in [2.24, 2.45) is 5.41 Å². The van der Waals surface area contributed by atoms with E-state index in [0.717, 1.165) is 0 Å². The van der Waals surface area contributed by atoms with Gasteiger partial charge in [-0.25, -0.2) is 9.59 Å². The van der Waals surface area contributed by atoms with E-state index in [9.17, 15) is 14.4 Å². The van der Waals surface area contributed by atoms with Gasteiger partial charge in [0.2, 0.25) is 5.91 Å². The van der Waals surface area contributed by atoms with Gasteiger partial charge in [-0.05, 0) is 40.5 Å². The Morgan fingerprint density at radius 3 is 2.18 bits per heavy atom. The molecule has 7 heteroatoms. The molecule has 22 heavy (non-hydrogen) atoms. The number of carbonyl (C=O) groups is 3. The molecule has 124 valence electrons. The highest BCUT2D eigenvalue weighted by Crippen LogP contribution is 2.49. The summed E-state index contributed by atoms with van der Waals surface area (Å²) in [5.41, 5.74) is -2.46. The number of nitrogens with zero attached hydrogens (tertiary/aromatic N) is 1. The van der Waals surface area contributed by atoms with Crippen molar-refractivity contribution in [2.75, 3.05) is 20.2 Å². The van der Waals surface area contributed by atoms with Crippen molar-refractivity contribution < 1.29 is 23.9 Å². The number of esters is 1. The van der Waals surface area contributed by atoms with E-state index in [1.165, 1.54) is 7.11 Å². The number of hydrogen-bond acceptors (Lipinski definition) is 5. The van der Waals surface area contributed by atoms with E-state index in [4.69, 9.17) is 9.47 Å². The topological polar surface area (TPSA) is 84.9 Å². The molecule has 1 spiro atoms. The van der Waals surface area contributed by atoms with Crippen molar-refractivity contribution in [1.29, 1.82) is 0 Å². The van der Waals surface area contributed by atoms with Crippen LogP contribution in [0.1, 0.15) is 40.5 Å². The van der Waals surface area contributed by atoms with Crippen molar-refractivity contribution in [1.82, 2.24) is 10.2 Å². The summed E-state index contributed by atoms with van der Waals surface area (Å²) in [4.78, 5) is 37.8. The van der Waals surface area contributed by atoms with E-state index in [2.05, 4.69) is 5.32 Å². The second-order valence-corrected chi connectivity index (χ2v) is 7.12.